The molecule has 2 aliphatic rings. The first-order chi connectivity index (χ1) is 18.9. The van der Waals surface area contributed by atoms with Crippen molar-refractivity contribution in [2.24, 2.45) is 0 Å². The topological polar surface area (TPSA) is 115 Å². The molecule has 0 bridgehead atoms. The number of carbonyl (C=O) groups is 1. The second-order valence-electron chi connectivity index (χ2n) is 9.90. The Kier molecular flexibility index (Phi) is 4.99. The van der Waals surface area contributed by atoms with Crippen LogP contribution in [0.2, 0.25) is 0 Å². The highest BCUT2D eigenvalue weighted by molar-refractivity contribution is 5.95. The molecule has 0 saturated heterocycles. The molecule has 2 aromatic heterocycles. The second kappa shape index (κ2) is 8.34. The Hall–Kier alpha value is -4.82. The first-order valence-corrected chi connectivity index (χ1v) is 12.7. The lowest BCUT2D eigenvalue weighted by Gasteiger charge is -2.31. The van der Waals surface area contributed by atoms with Gasteiger partial charge in [-0.2, -0.15) is 0 Å². The van der Waals surface area contributed by atoms with Gasteiger partial charge < -0.3 is 24.6 Å². The Labute approximate surface area is 222 Å². The fourth-order valence-electron chi connectivity index (χ4n) is 5.62. The molecule has 2 aliphatic heterocycles. The molecule has 0 saturated carbocycles. The predicted molar refractivity (Wildman–Crippen MR) is 146 cm³/mol. The third-order valence-corrected chi connectivity index (χ3v) is 7.77. The maximum Gasteiger partial charge on any atom is 0.343 e. The molecule has 192 valence electrons. The van der Waals surface area contributed by atoms with E-state index in [-0.39, 0.29) is 36.3 Å². The van der Waals surface area contributed by atoms with Crippen LogP contribution in [0.1, 0.15) is 35.6 Å². The van der Waals surface area contributed by atoms with Crippen molar-refractivity contribution in [3.05, 3.63) is 99.3 Å². The molecule has 4 heterocycles. The van der Waals surface area contributed by atoms with Crippen molar-refractivity contribution in [1.29, 1.82) is 5.41 Å². The lowest BCUT2D eigenvalue weighted by atomic mass is 9.86. The number of aromatic nitrogens is 2. The Morgan fingerprint density at radius 1 is 1.08 bits per heavy atom. The fourth-order valence-corrected chi connectivity index (χ4v) is 5.62. The van der Waals surface area contributed by atoms with Crippen LogP contribution in [0.5, 0.6) is 11.5 Å². The summed E-state index contributed by atoms with van der Waals surface area (Å²) in [4.78, 5) is 31.1. The van der Waals surface area contributed by atoms with E-state index in [1.807, 2.05) is 54.6 Å². The molecular formula is C31H23N3O5. The van der Waals surface area contributed by atoms with E-state index in [1.165, 1.54) is 6.21 Å². The fraction of sp³-hybridized carbons (Fsp3) is 0.161. The molecule has 8 heteroatoms. The van der Waals surface area contributed by atoms with Crippen LogP contribution in [0, 0.1) is 5.41 Å². The van der Waals surface area contributed by atoms with Gasteiger partial charge in [-0.1, -0.05) is 43.3 Å². The molecule has 0 spiro atoms. The summed E-state index contributed by atoms with van der Waals surface area (Å²) < 4.78 is 13.3. The van der Waals surface area contributed by atoms with Crippen molar-refractivity contribution in [2.45, 2.75) is 32.1 Å². The Morgan fingerprint density at radius 2 is 1.90 bits per heavy atom. The number of esters is 1. The van der Waals surface area contributed by atoms with Crippen LogP contribution in [-0.2, 0) is 28.3 Å². The molecule has 5 aromatic rings. The van der Waals surface area contributed by atoms with Gasteiger partial charge in [0, 0.05) is 22.7 Å². The van der Waals surface area contributed by atoms with Gasteiger partial charge in [0.05, 0.1) is 29.0 Å². The summed E-state index contributed by atoms with van der Waals surface area (Å²) in [6.45, 7) is 1.69. The number of aliphatic hydroxyl groups is 1. The quantitative estimate of drug-likeness (QED) is 0.251. The molecular weight excluding hydrogens is 494 g/mol. The Balaban J connectivity index is 1.47. The Morgan fingerprint density at radius 3 is 2.69 bits per heavy atom. The van der Waals surface area contributed by atoms with Gasteiger partial charge in [-0.15, -0.1) is 0 Å². The lowest BCUT2D eigenvalue weighted by molar-refractivity contribution is -0.172. The Bertz CT molecular complexity index is 1940. The number of hydrogen-bond donors (Lipinski definition) is 2. The van der Waals surface area contributed by atoms with Crippen molar-refractivity contribution in [1.82, 2.24) is 9.55 Å². The maximum absolute atomic E-state index is 13.7. The number of rotatable bonds is 4. The van der Waals surface area contributed by atoms with E-state index in [9.17, 15) is 14.7 Å². The number of fused-ring (bicyclic) bond motifs is 6. The molecule has 7 rings (SSSR count). The minimum absolute atomic E-state index is 0.0719. The summed E-state index contributed by atoms with van der Waals surface area (Å²) in [6, 6.07) is 21.0. The number of carbonyl (C=O) groups excluding carboxylic acids is 1. The van der Waals surface area contributed by atoms with Gasteiger partial charge in [-0.3, -0.25) is 4.79 Å². The van der Waals surface area contributed by atoms with Crippen LogP contribution >= 0.6 is 0 Å². The smallest absolute Gasteiger partial charge is 0.343 e. The van der Waals surface area contributed by atoms with Crippen LogP contribution in [-0.4, -0.2) is 26.8 Å². The van der Waals surface area contributed by atoms with Crippen LogP contribution in [0.25, 0.3) is 33.1 Å². The number of ether oxygens (including phenoxy) is 2. The summed E-state index contributed by atoms with van der Waals surface area (Å²) in [6.07, 6.45) is 1.34. The minimum atomic E-state index is -1.90. The van der Waals surface area contributed by atoms with Crippen LogP contribution in [0.3, 0.4) is 0 Å². The van der Waals surface area contributed by atoms with Gasteiger partial charge in [-0.05, 0) is 53.1 Å². The number of benzene rings is 3. The third kappa shape index (κ3) is 3.35. The van der Waals surface area contributed by atoms with Crippen molar-refractivity contribution in [3.8, 4) is 22.9 Å². The molecule has 0 fully saturated rings. The van der Waals surface area contributed by atoms with Crippen molar-refractivity contribution in [3.63, 3.8) is 0 Å². The largest absolute Gasteiger partial charge is 0.458 e. The average molecular weight is 518 g/mol. The van der Waals surface area contributed by atoms with E-state index in [0.29, 0.717) is 39.5 Å². The van der Waals surface area contributed by atoms with Gasteiger partial charge in [0.25, 0.3) is 5.56 Å². The van der Waals surface area contributed by atoms with E-state index in [2.05, 4.69) is 0 Å². The zero-order valence-electron chi connectivity index (χ0n) is 21.0. The summed E-state index contributed by atoms with van der Waals surface area (Å²) >= 11 is 0. The average Bonchev–Trinajstić information content (AvgIpc) is 3.33. The van der Waals surface area contributed by atoms with Crippen molar-refractivity contribution < 1.29 is 19.4 Å². The first kappa shape index (κ1) is 23.3. The molecule has 39 heavy (non-hydrogen) atoms. The number of nitrogens with one attached hydrogen (secondary N) is 1. The molecule has 0 amide bonds. The summed E-state index contributed by atoms with van der Waals surface area (Å²) in [7, 11) is 0. The van der Waals surface area contributed by atoms with E-state index < -0.39 is 11.6 Å². The molecule has 3 aromatic carbocycles. The zero-order chi connectivity index (χ0) is 26.9. The second-order valence-corrected chi connectivity index (χ2v) is 9.90. The molecule has 8 nitrogen and oxygen atoms in total. The van der Waals surface area contributed by atoms with Gasteiger partial charge in [0.15, 0.2) is 5.60 Å². The zero-order valence-corrected chi connectivity index (χ0v) is 21.0. The van der Waals surface area contributed by atoms with E-state index >= 15 is 0 Å². The third-order valence-electron chi connectivity index (χ3n) is 7.77. The van der Waals surface area contributed by atoms with E-state index in [1.54, 1.807) is 23.6 Å². The van der Waals surface area contributed by atoms with Crippen LogP contribution < -0.4 is 10.3 Å². The highest BCUT2D eigenvalue weighted by Gasteiger charge is 2.45. The predicted octanol–water partition coefficient (Wildman–Crippen LogP) is 5.02. The number of cyclic esters (lactones) is 1. The lowest BCUT2D eigenvalue weighted by Crippen LogP contribution is -2.44. The SMILES string of the molecule is CC[C@@]1(O)C(=O)OCc2c1cc1n(c2=O)Cc2c-1nc1ccc(C=N)cc1c2Oc1ccc2ccccc2c1. The normalized spacial score (nSPS) is 17.4. The summed E-state index contributed by atoms with van der Waals surface area (Å²) in [5, 5.41) is 21.8. The summed E-state index contributed by atoms with van der Waals surface area (Å²) in [5.41, 5.74) is 1.41. The molecule has 0 unspecified atom stereocenters. The molecule has 1 atom stereocenters. The monoisotopic (exact) mass is 517 g/mol. The van der Waals surface area contributed by atoms with E-state index in [4.69, 9.17) is 19.9 Å². The van der Waals surface area contributed by atoms with Gasteiger partial charge in [0.2, 0.25) is 0 Å². The minimum Gasteiger partial charge on any atom is -0.458 e. The van der Waals surface area contributed by atoms with Crippen molar-refractivity contribution >= 4 is 33.9 Å². The highest BCUT2D eigenvalue weighted by atomic mass is 16.6. The molecule has 2 N–H and O–H groups in total. The number of pyridine rings is 2. The highest BCUT2D eigenvalue weighted by Crippen LogP contribution is 2.44. The van der Waals surface area contributed by atoms with Crippen LogP contribution in [0.15, 0.2) is 71.5 Å². The van der Waals surface area contributed by atoms with Crippen LogP contribution in [0.4, 0.5) is 0 Å². The van der Waals surface area contributed by atoms with Gasteiger partial charge >= 0.3 is 5.97 Å². The first-order valence-electron chi connectivity index (χ1n) is 12.7. The van der Waals surface area contributed by atoms with Gasteiger partial charge in [0.1, 0.15) is 18.1 Å². The molecule has 0 aliphatic carbocycles. The standard InChI is InChI=1S/C31H23N3O5/c1-2-31(37)24-13-26-27-22(15-34(26)29(35)23(24)16-38-30(31)36)28(21-11-17(14-32)7-10-25(21)33-27)39-20-9-8-18-5-3-4-6-19(18)12-20/h3-14,32,37H,2,15-16H2,1H3/t31-/m0/s1. The molecule has 0 radical (unpaired) electrons. The maximum atomic E-state index is 13.7. The van der Waals surface area contributed by atoms with Gasteiger partial charge in [-0.25, -0.2) is 9.78 Å². The number of hydrogen-bond acceptors (Lipinski definition) is 7. The summed E-state index contributed by atoms with van der Waals surface area (Å²) in [5.74, 6) is 0.421. The number of nitrogens with zero attached hydrogens (tertiary/aromatic N) is 2. The van der Waals surface area contributed by atoms with E-state index in [0.717, 1.165) is 16.2 Å². The van der Waals surface area contributed by atoms with Crippen molar-refractivity contribution in [2.75, 3.05) is 0 Å².